The van der Waals surface area contributed by atoms with Crippen molar-refractivity contribution in [1.29, 1.82) is 0 Å². The fourth-order valence-electron chi connectivity index (χ4n) is 2.95. The molecule has 1 saturated heterocycles. The second-order valence-electron chi connectivity index (χ2n) is 6.13. The molecule has 2 aromatic rings. The van der Waals surface area contributed by atoms with Crippen LogP contribution in [0.1, 0.15) is 23.1 Å². The van der Waals surface area contributed by atoms with Gasteiger partial charge in [-0.1, -0.05) is 0 Å². The molecule has 1 aromatic heterocycles. The predicted molar refractivity (Wildman–Crippen MR) is 89.6 cm³/mol. The topological polar surface area (TPSA) is 59.4 Å². The number of carbonyl (C=O) groups is 1. The molecule has 1 aliphatic rings. The zero-order valence-corrected chi connectivity index (χ0v) is 14.0. The molecule has 1 atom stereocenters. The second-order valence-corrected chi connectivity index (χ2v) is 6.13. The van der Waals surface area contributed by atoms with Gasteiger partial charge in [0.15, 0.2) is 0 Å². The number of amides is 1. The standard InChI is InChI=1S/C17H24N4O2/c1-12(21-6-8-23-9-7-21)11-18-17(22)14-4-5-16-15(10-14)19-13(2)20(16)3/h4-5,10,12H,6-9,11H2,1-3H3,(H,18,22). The van der Waals surface area contributed by atoms with E-state index in [4.69, 9.17) is 4.74 Å². The molecule has 1 aliphatic heterocycles. The van der Waals surface area contributed by atoms with Gasteiger partial charge in [0.2, 0.25) is 0 Å². The van der Waals surface area contributed by atoms with Gasteiger partial charge in [0.1, 0.15) is 5.82 Å². The Bertz CT molecular complexity index is 704. The maximum atomic E-state index is 12.4. The van der Waals surface area contributed by atoms with E-state index in [1.54, 1.807) is 0 Å². The number of hydrogen-bond acceptors (Lipinski definition) is 4. The highest BCUT2D eigenvalue weighted by atomic mass is 16.5. The summed E-state index contributed by atoms with van der Waals surface area (Å²) in [5.74, 6) is 0.897. The van der Waals surface area contributed by atoms with Crippen LogP contribution >= 0.6 is 0 Å². The van der Waals surface area contributed by atoms with E-state index in [2.05, 4.69) is 22.1 Å². The van der Waals surface area contributed by atoms with E-state index >= 15 is 0 Å². The summed E-state index contributed by atoms with van der Waals surface area (Å²) in [5, 5.41) is 3.03. The number of fused-ring (bicyclic) bond motifs is 1. The first-order valence-electron chi connectivity index (χ1n) is 8.09. The Balaban J connectivity index is 1.63. The Hall–Kier alpha value is -1.92. The zero-order chi connectivity index (χ0) is 16.4. The number of ether oxygens (including phenoxy) is 1. The Morgan fingerprint density at radius 1 is 1.39 bits per heavy atom. The normalized spacial score (nSPS) is 17.3. The van der Waals surface area contributed by atoms with Gasteiger partial charge in [-0.3, -0.25) is 9.69 Å². The van der Waals surface area contributed by atoms with Crippen molar-refractivity contribution in [3.63, 3.8) is 0 Å². The lowest BCUT2D eigenvalue weighted by Gasteiger charge is -2.32. The van der Waals surface area contributed by atoms with Gasteiger partial charge in [-0.15, -0.1) is 0 Å². The lowest BCUT2D eigenvalue weighted by Crippen LogP contribution is -2.47. The Labute approximate surface area is 136 Å². The van der Waals surface area contributed by atoms with Crippen LogP contribution < -0.4 is 5.32 Å². The van der Waals surface area contributed by atoms with Crippen molar-refractivity contribution >= 4 is 16.9 Å². The maximum Gasteiger partial charge on any atom is 0.251 e. The molecule has 23 heavy (non-hydrogen) atoms. The molecule has 1 aromatic carbocycles. The molecule has 1 unspecified atom stereocenters. The molecule has 1 fully saturated rings. The first-order chi connectivity index (χ1) is 11.1. The van der Waals surface area contributed by atoms with Crippen LogP contribution in [-0.4, -0.2) is 59.2 Å². The number of imidazole rings is 1. The molecule has 0 saturated carbocycles. The summed E-state index contributed by atoms with van der Waals surface area (Å²) in [6.45, 7) is 8.13. The molecular formula is C17H24N4O2. The molecule has 0 aliphatic carbocycles. The summed E-state index contributed by atoms with van der Waals surface area (Å²) < 4.78 is 7.38. The molecule has 1 N–H and O–H groups in total. The minimum Gasteiger partial charge on any atom is -0.379 e. The molecule has 2 heterocycles. The van der Waals surface area contributed by atoms with Gasteiger partial charge in [0, 0.05) is 38.3 Å². The van der Waals surface area contributed by atoms with E-state index in [0.717, 1.165) is 43.2 Å². The number of nitrogens with one attached hydrogen (secondary N) is 1. The number of morpholine rings is 1. The maximum absolute atomic E-state index is 12.4. The van der Waals surface area contributed by atoms with E-state index < -0.39 is 0 Å². The van der Waals surface area contributed by atoms with E-state index in [9.17, 15) is 4.79 Å². The minimum atomic E-state index is -0.0460. The SMILES string of the molecule is Cc1nc2cc(C(=O)NCC(C)N3CCOCC3)ccc2n1C. The number of carbonyl (C=O) groups excluding carboxylic acids is 1. The summed E-state index contributed by atoms with van der Waals surface area (Å²) in [7, 11) is 1.98. The van der Waals surface area contributed by atoms with E-state index in [0.29, 0.717) is 18.2 Å². The number of aryl methyl sites for hydroxylation is 2. The highest BCUT2D eigenvalue weighted by molar-refractivity contribution is 5.97. The molecule has 0 radical (unpaired) electrons. The number of rotatable bonds is 4. The van der Waals surface area contributed by atoms with Crippen LogP contribution in [0, 0.1) is 6.92 Å². The predicted octanol–water partition coefficient (Wildman–Crippen LogP) is 1.33. The molecule has 0 spiro atoms. The Morgan fingerprint density at radius 2 is 2.13 bits per heavy atom. The van der Waals surface area contributed by atoms with E-state index in [1.165, 1.54) is 0 Å². The Morgan fingerprint density at radius 3 is 2.87 bits per heavy atom. The molecule has 6 nitrogen and oxygen atoms in total. The highest BCUT2D eigenvalue weighted by Crippen LogP contribution is 2.16. The summed E-state index contributed by atoms with van der Waals surface area (Å²) in [6.07, 6.45) is 0. The van der Waals surface area contributed by atoms with Crippen LogP contribution in [0.15, 0.2) is 18.2 Å². The van der Waals surface area contributed by atoms with Crippen molar-refractivity contribution in [3.8, 4) is 0 Å². The zero-order valence-electron chi connectivity index (χ0n) is 14.0. The van der Waals surface area contributed by atoms with E-state index in [1.807, 2.05) is 36.7 Å². The van der Waals surface area contributed by atoms with Crippen LogP contribution in [0.4, 0.5) is 0 Å². The van der Waals surface area contributed by atoms with Crippen LogP contribution in [0.5, 0.6) is 0 Å². The average Bonchev–Trinajstić information content (AvgIpc) is 2.87. The molecule has 1 amide bonds. The van der Waals surface area contributed by atoms with Crippen molar-refractivity contribution in [2.75, 3.05) is 32.8 Å². The highest BCUT2D eigenvalue weighted by Gasteiger charge is 2.18. The third-order valence-corrected chi connectivity index (χ3v) is 4.59. The monoisotopic (exact) mass is 316 g/mol. The van der Waals surface area contributed by atoms with Gasteiger partial charge in [-0.05, 0) is 32.0 Å². The van der Waals surface area contributed by atoms with Crippen LogP contribution in [-0.2, 0) is 11.8 Å². The van der Waals surface area contributed by atoms with Crippen molar-refractivity contribution in [1.82, 2.24) is 19.8 Å². The van der Waals surface area contributed by atoms with Gasteiger partial charge in [-0.2, -0.15) is 0 Å². The van der Waals surface area contributed by atoms with Crippen LogP contribution in [0.3, 0.4) is 0 Å². The fraction of sp³-hybridized carbons (Fsp3) is 0.529. The van der Waals surface area contributed by atoms with E-state index in [-0.39, 0.29) is 5.91 Å². The fourth-order valence-corrected chi connectivity index (χ4v) is 2.95. The lowest BCUT2D eigenvalue weighted by atomic mass is 10.1. The smallest absolute Gasteiger partial charge is 0.251 e. The van der Waals surface area contributed by atoms with Crippen molar-refractivity contribution in [3.05, 3.63) is 29.6 Å². The molecular weight excluding hydrogens is 292 g/mol. The summed E-state index contributed by atoms with van der Waals surface area (Å²) in [5.41, 5.74) is 2.56. The van der Waals surface area contributed by atoms with Crippen LogP contribution in [0.25, 0.3) is 11.0 Å². The first-order valence-corrected chi connectivity index (χ1v) is 8.09. The molecule has 124 valence electrons. The van der Waals surface area contributed by atoms with Gasteiger partial charge >= 0.3 is 0 Å². The van der Waals surface area contributed by atoms with Gasteiger partial charge in [-0.25, -0.2) is 4.98 Å². The molecule has 3 rings (SSSR count). The number of benzene rings is 1. The quantitative estimate of drug-likeness (QED) is 0.924. The average molecular weight is 316 g/mol. The number of nitrogens with zero attached hydrogens (tertiary/aromatic N) is 3. The van der Waals surface area contributed by atoms with Crippen LogP contribution in [0.2, 0.25) is 0 Å². The molecule has 6 heteroatoms. The summed E-state index contributed by atoms with van der Waals surface area (Å²) in [6, 6.07) is 5.98. The van der Waals surface area contributed by atoms with Crippen molar-refractivity contribution < 1.29 is 9.53 Å². The van der Waals surface area contributed by atoms with Gasteiger partial charge in [0.25, 0.3) is 5.91 Å². The summed E-state index contributed by atoms with van der Waals surface area (Å²) in [4.78, 5) is 19.2. The Kier molecular flexibility index (Phi) is 4.63. The van der Waals surface area contributed by atoms with Crippen molar-refractivity contribution in [2.45, 2.75) is 19.9 Å². The minimum absolute atomic E-state index is 0.0460. The molecule has 0 bridgehead atoms. The largest absolute Gasteiger partial charge is 0.379 e. The number of aromatic nitrogens is 2. The second kappa shape index (κ2) is 6.68. The lowest BCUT2D eigenvalue weighted by molar-refractivity contribution is 0.0204. The summed E-state index contributed by atoms with van der Waals surface area (Å²) >= 11 is 0. The van der Waals surface area contributed by atoms with Gasteiger partial charge < -0.3 is 14.6 Å². The third-order valence-electron chi connectivity index (χ3n) is 4.59. The van der Waals surface area contributed by atoms with Crippen molar-refractivity contribution in [2.24, 2.45) is 7.05 Å². The van der Waals surface area contributed by atoms with Gasteiger partial charge in [0.05, 0.1) is 24.2 Å². The third kappa shape index (κ3) is 3.38. The first kappa shape index (κ1) is 16.0. The number of hydrogen-bond donors (Lipinski definition) is 1.